The van der Waals surface area contributed by atoms with Gasteiger partial charge in [-0.25, -0.2) is 0 Å². The molecule has 0 radical (unpaired) electrons. The lowest BCUT2D eigenvalue weighted by atomic mass is 10.1. The molecular weight excluding hydrogens is 328 g/mol. The maximum atomic E-state index is 10.6. The summed E-state index contributed by atoms with van der Waals surface area (Å²) in [5.41, 5.74) is 2.53. The SMILES string of the molecule is O=[N+]([O-])c1ccc(CCOCCCCCCNCc2ccccc2)cc1. The van der Waals surface area contributed by atoms with Crippen LogP contribution in [0.3, 0.4) is 0 Å². The van der Waals surface area contributed by atoms with Gasteiger partial charge in [-0.2, -0.15) is 0 Å². The minimum atomic E-state index is -0.378. The van der Waals surface area contributed by atoms with Crippen LogP contribution in [0.4, 0.5) is 5.69 Å². The Morgan fingerprint density at radius 2 is 1.58 bits per heavy atom. The molecule has 0 aliphatic carbocycles. The van der Waals surface area contributed by atoms with E-state index in [9.17, 15) is 10.1 Å². The summed E-state index contributed by atoms with van der Waals surface area (Å²) in [5.74, 6) is 0. The molecule has 2 rings (SSSR count). The maximum Gasteiger partial charge on any atom is 0.269 e. The van der Waals surface area contributed by atoms with E-state index >= 15 is 0 Å². The topological polar surface area (TPSA) is 64.4 Å². The second-order valence-corrected chi connectivity index (χ2v) is 6.36. The van der Waals surface area contributed by atoms with Crippen molar-refractivity contribution >= 4 is 5.69 Å². The Kier molecular flexibility index (Phi) is 9.40. The molecule has 26 heavy (non-hydrogen) atoms. The summed E-state index contributed by atoms with van der Waals surface area (Å²) < 4.78 is 5.65. The van der Waals surface area contributed by atoms with Crippen LogP contribution in [0.15, 0.2) is 54.6 Å². The van der Waals surface area contributed by atoms with Crippen LogP contribution in [-0.2, 0) is 17.7 Å². The van der Waals surface area contributed by atoms with Crippen molar-refractivity contribution in [2.24, 2.45) is 0 Å². The van der Waals surface area contributed by atoms with E-state index in [0.29, 0.717) is 6.61 Å². The van der Waals surface area contributed by atoms with Crippen molar-refractivity contribution in [2.45, 2.75) is 38.6 Å². The van der Waals surface area contributed by atoms with E-state index in [2.05, 4.69) is 29.6 Å². The minimum absolute atomic E-state index is 0.132. The van der Waals surface area contributed by atoms with Gasteiger partial charge in [0.1, 0.15) is 0 Å². The Balaban J connectivity index is 1.39. The molecule has 0 unspecified atom stereocenters. The van der Waals surface area contributed by atoms with Gasteiger partial charge in [0.25, 0.3) is 5.69 Å². The van der Waals surface area contributed by atoms with Crippen molar-refractivity contribution in [3.63, 3.8) is 0 Å². The maximum absolute atomic E-state index is 10.6. The summed E-state index contributed by atoms with van der Waals surface area (Å²) in [5, 5.41) is 14.1. The lowest BCUT2D eigenvalue weighted by Gasteiger charge is -2.06. The van der Waals surface area contributed by atoms with Crippen molar-refractivity contribution in [1.82, 2.24) is 5.32 Å². The van der Waals surface area contributed by atoms with Crippen LogP contribution in [0.2, 0.25) is 0 Å². The van der Waals surface area contributed by atoms with Crippen molar-refractivity contribution in [2.75, 3.05) is 19.8 Å². The molecule has 0 heterocycles. The fourth-order valence-electron chi connectivity index (χ4n) is 2.71. The fourth-order valence-corrected chi connectivity index (χ4v) is 2.71. The predicted octanol–water partition coefficient (Wildman–Crippen LogP) is 4.50. The highest BCUT2D eigenvalue weighted by atomic mass is 16.6. The zero-order chi connectivity index (χ0) is 18.5. The summed E-state index contributed by atoms with van der Waals surface area (Å²) in [6, 6.07) is 17.1. The Labute approximate surface area is 155 Å². The van der Waals surface area contributed by atoms with Gasteiger partial charge in [0.15, 0.2) is 0 Å². The van der Waals surface area contributed by atoms with Crippen LogP contribution in [-0.4, -0.2) is 24.7 Å². The number of non-ortho nitro benzene ring substituents is 1. The molecule has 140 valence electrons. The third-order valence-corrected chi connectivity index (χ3v) is 4.25. The summed E-state index contributed by atoms with van der Waals surface area (Å²) >= 11 is 0. The lowest BCUT2D eigenvalue weighted by Crippen LogP contribution is -2.14. The van der Waals surface area contributed by atoms with Crippen LogP contribution in [0.5, 0.6) is 0 Å². The smallest absolute Gasteiger partial charge is 0.269 e. The molecule has 1 N–H and O–H groups in total. The molecule has 0 atom stereocenters. The number of unbranched alkanes of at least 4 members (excludes halogenated alkanes) is 3. The first-order valence-electron chi connectivity index (χ1n) is 9.31. The van der Waals surface area contributed by atoms with Gasteiger partial charge in [-0.1, -0.05) is 55.3 Å². The highest BCUT2D eigenvalue weighted by Gasteiger charge is 2.03. The van der Waals surface area contributed by atoms with Crippen LogP contribution in [0.25, 0.3) is 0 Å². The molecule has 0 saturated heterocycles. The number of nitro benzene ring substituents is 1. The Hall–Kier alpha value is -2.24. The Morgan fingerprint density at radius 1 is 0.846 bits per heavy atom. The molecule has 2 aromatic carbocycles. The van der Waals surface area contributed by atoms with E-state index in [1.807, 2.05) is 6.07 Å². The van der Waals surface area contributed by atoms with Crippen molar-refractivity contribution in [3.05, 3.63) is 75.8 Å². The molecule has 0 aliphatic rings. The van der Waals surface area contributed by atoms with Crippen molar-refractivity contribution in [3.8, 4) is 0 Å². The van der Waals surface area contributed by atoms with E-state index in [0.717, 1.165) is 38.1 Å². The number of nitrogens with zero attached hydrogens (tertiary/aromatic N) is 1. The Morgan fingerprint density at radius 3 is 2.31 bits per heavy atom. The largest absolute Gasteiger partial charge is 0.381 e. The zero-order valence-electron chi connectivity index (χ0n) is 15.2. The van der Waals surface area contributed by atoms with E-state index < -0.39 is 0 Å². The van der Waals surface area contributed by atoms with Gasteiger partial charge in [0.2, 0.25) is 0 Å². The number of ether oxygens (including phenoxy) is 1. The summed E-state index contributed by atoms with van der Waals surface area (Å²) in [6.45, 7) is 3.43. The van der Waals surface area contributed by atoms with Crippen LogP contribution in [0.1, 0.15) is 36.8 Å². The van der Waals surface area contributed by atoms with Gasteiger partial charge >= 0.3 is 0 Å². The molecule has 2 aromatic rings. The first-order valence-corrected chi connectivity index (χ1v) is 9.31. The quantitative estimate of drug-likeness (QED) is 0.326. The predicted molar refractivity (Wildman–Crippen MR) is 104 cm³/mol. The third kappa shape index (κ3) is 8.23. The molecule has 5 nitrogen and oxygen atoms in total. The average molecular weight is 356 g/mol. The van der Waals surface area contributed by atoms with E-state index in [4.69, 9.17) is 4.74 Å². The molecule has 0 fully saturated rings. The number of nitro groups is 1. The molecular formula is C21H28N2O3. The molecule has 0 aliphatic heterocycles. The van der Waals surface area contributed by atoms with E-state index in [-0.39, 0.29) is 10.6 Å². The van der Waals surface area contributed by atoms with Gasteiger partial charge in [-0.3, -0.25) is 10.1 Å². The molecule has 0 bridgehead atoms. The number of rotatable bonds is 13. The highest BCUT2D eigenvalue weighted by Crippen LogP contribution is 2.12. The second kappa shape index (κ2) is 12.2. The standard InChI is InChI=1S/C21H28N2O3/c24-23(25)21-12-10-19(11-13-21)14-17-26-16-7-2-1-6-15-22-18-20-8-4-3-5-9-20/h3-5,8-13,22H,1-2,6-7,14-18H2. The molecule has 5 heteroatoms. The third-order valence-electron chi connectivity index (χ3n) is 4.25. The molecule has 0 saturated carbocycles. The summed E-state index contributed by atoms with van der Waals surface area (Å²) in [6.07, 6.45) is 5.47. The zero-order valence-corrected chi connectivity index (χ0v) is 15.2. The Bertz CT molecular complexity index is 629. The number of hydrogen-bond donors (Lipinski definition) is 1. The van der Waals surface area contributed by atoms with Crippen LogP contribution < -0.4 is 5.32 Å². The number of nitrogens with one attached hydrogen (secondary N) is 1. The van der Waals surface area contributed by atoms with Gasteiger partial charge in [-0.05, 0) is 36.9 Å². The van der Waals surface area contributed by atoms with E-state index in [1.54, 1.807) is 24.3 Å². The monoisotopic (exact) mass is 356 g/mol. The first kappa shape index (κ1) is 20.1. The molecule has 0 spiro atoms. The highest BCUT2D eigenvalue weighted by molar-refractivity contribution is 5.32. The fraction of sp³-hybridized carbons (Fsp3) is 0.429. The average Bonchev–Trinajstić information content (AvgIpc) is 2.67. The summed E-state index contributed by atoms with van der Waals surface area (Å²) in [4.78, 5) is 10.2. The van der Waals surface area contributed by atoms with Gasteiger partial charge in [0, 0.05) is 25.3 Å². The lowest BCUT2D eigenvalue weighted by molar-refractivity contribution is -0.384. The van der Waals surface area contributed by atoms with E-state index in [1.165, 1.54) is 24.8 Å². The van der Waals surface area contributed by atoms with Crippen molar-refractivity contribution < 1.29 is 9.66 Å². The van der Waals surface area contributed by atoms with Gasteiger partial charge < -0.3 is 10.1 Å². The normalized spacial score (nSPS) is 10.8. The number of benzene rings is 2. The minimum Gasteiger partial charge on any atom is -0.381 e. The first-order chi connectivity index (χ1) is 12.8. The van der Waals surface area contributed by atoms with Crippen LogP contribution >= 0.6 is 0 Å². The molecule has 0 amide bonds. The van der Waals surface area contributed by atoms with Gasteiger partial charge in [0.05, 0.1) is 11.5 Å². The van der Waals surface area contributed by atoms with Gasteiger partial charge in [-0.15, -0.1) is 0 Å². The van der Waals surface area contributed by atoms with Crippen molar-refractivity contribution in [1.29, 1.82) is 0 Å². The second-order valence-electron chi connectivity index (χ2n) is 6.36. The molecule has 0 aromatic heterocycles. The van der Waals surface area contributed by atoms with Crippen LogP contribution in [0, 0.1) is 10.1 Å². The number of hydrogen-bond acceptors (Lipinski definition) is 4. The summed E-state index contributed by atoms with van der Waals surface area (Å²) in [7, 11) is 0.